The molecule has 1 aliphatic rings. The Morgan fingerprint density at radius 2 is 1.85 bits per heavy atom. The Hall–Kier alpha value is -1.42. The molecule has 1 heterocycles. The van der Waals surface area contributed by atoms with Crippen LogP contribution >= 0.6 is 0 Å². The summed E-state index contributed by atoms with van der Waals surface area (Å²) in [7, 11) is 3.38. The molecule has 2 atom stereocenters. The van der Waals surface area contributed by atoms with Crippen LogP contribution in [-0.4, -0.2) is 38.9 Å². The molecule has 0 amide bonds. The third kappa shape index (κ3) is 3.01. The van der Waals surface area contributed by atoms with Gasteiger partial charge < -0.3 is 19.7 Å². The number of nitrogens with one attached hydrogen (secondary N) is 1. The van der Waals surface area contributed by atoms with Crippen LogP contribution in [0.2, 0.25) is 0 Å². The molecule has 1 aliphatic heterocycles. The molecule has 0 aliphatic carbocycles. The zero-order chi connectivity index (χ0) is 14.8. The van der Waals surface area contributed by atoms with Gasteiger partial charge in [-0.05, 0) is 20.3 Å². The molecule has 2 unspecified atom stereocenters. The average molecular weight is 278 g/mol. The van der Waals surface area contributed by atoms with Crippen molar-refractivity contribution in [3.8, 4) is 11.5 Å². The van der Waals surface area contributed by atoms with E-state index < -0.39 is 0 Å². The van der Waals surface area contributed by atoms with Crippen LogP contribution in [0.4, 0.5) is 5.69 Å². The Labute approximate surface area is 122 Å². The minimum absolute atomic E-state index is 0.156. The zero-order valence-electron chi connectivity index (χ0n) is 13.2. The predicted octanol–water partition coefficient (Wildman–Crippen LogP) is 2.67. The van der Waals surface area contributed by atoms with Crippen molar-refractivity contribution in [1.29, 1.82) is 0 Å². The second-order valence-electron chi connectivity index (χ2n) is 5.84. The molecule has 4 nitrogen and oxygen atoms in total. The first-order valence-electron chi connectivity index (χ1n) is 7.26. The van der Waals surface area contributed by atoms with Gasteiger partial charge in [-0.25, -0.2) is 0 Å². The topological polar surface area (TPSA) is 33.7 Å². The van der Waals surface area contributed by atoms with Crippen molar-refractivity contribution < 1.29 is 9.47 Å². The summed E-state index contributed by atoms with van der Waals surface area (Å²) >= 11 is 0. The van der Waals surface area contributed by atoms with Crippen LogP contribution in [0.3, 0.4) is 0 Å². The summed E-state index contributed by atoms with van der Waals surface area (Å²) in [5.41, 5.74) is 1.32. The van der Waals surface area contributed by atoms with Gasteiger partial charge in [0.15, 0.2) is 0 Å². The molecule has 4 heteroatoms. The van der Waals surface area contributed by atoms with Gasteiger partial charge in [0.25, 0.3) is 0 Å². The SMILES string of the molecule is CCC1(C)CN(c2cc(OC)cc(OC)c2)C(C)CN1. The first kappa shape index (κ1) is 15.0. The van der Waals surface area contributed by atoms with Crippen LogP contribution in [0.25, 0.3) is 0 Å². The minimum atomic E-state index is 0.156. The van der Waals surface area contributed by atoms with Gasteiger partial charge in [0.1, 0.15) is 11.5 Å². The van der Waals surface area contributed by atoms with E-state index in [1.54, 1.807) is 14.2 Å². The van der Waals surface area contributed by atoms with Crippen molar-refractivity contribution in [2.45, 2.75) is 38.8 Å². The molecule has 1 N–H and O–H groups in total. The Bertz CT molecular complexity index is 442. The highest BCUT2D eigenvalue weighted by molar-refractivity contribution is 5.57. The molecule has 0 spiro atoms. The summed E-state index contributed by atoms with van der Waals surface area (Å²) < 4.78 is 10.8. The maximum absolute atomic E-state index is 5.38. The predicted molar refractivity (Wildman–Crippen MR) is 83.1 cm³/mol. The number of rotatable bonds is 4. The molecule has 0 radical (unpaired) electrons. The van der Waals surface area contributed by atoms with Gasteiger partial charge in [-0.1, -0.05) is 6.92 Å². The lowest BCUT2D eigenvalue weighted by molar-refractivity contribution is 0.285. The summed E-state index contributed by atoms with van der Waals surface area (Å²) in [5.74, 6) is 1.67. The lowest BCUT2D eigenvalue weighted by atomic mass is 9.93. The maximum Gasteiger partial charge on any atom is 0.124 e. The summed E-state index contributed by atoms with van der Waals surface area (Å²) in [6.07, 6.45) is 1.11. The highest BCUT2D eigenvalue weighted by Gasteiger charge is 2.33. The zero-order valence-corrected chi connectivity index (χ0v) is 13.2. The Morgan fingerprint density at radius 3 is 2.35 bits per heavy atom. The van der Waals surface area contributed by atoms with E-state index in [0.717, 1.165) is 36.7 Å². The summed E-state index contributed by atoms with van der Waals surface area (Å²) in [5, 5.41) is 3.65. The monoisotopic (exact) mass is 278 g/mol. The maximum atomic E-state index is 5.38. The Morgan fingerprint density at radius 1 is 1.25 bits per heavy atom. The van der Waals surface area contributed by atoms with E-state index in [0.29, 0.717) is 6.04 Å². The van der Waals surface area contributed by atoms with Crippen LogP contribution in [0.5, 0.6) is 11.5 Å². The standard InChI is InChI=1S/C16H26N2O2/c1-6-16(3)11-18(12(2)10-17-16)13-7-14(19-4)9-15(8-13)20-5/h7-9,12,17H,6,10-11H2,1-5H3. The summed E-state index contributed by atoms with van der Waals surface area (Å²) in [6, 6.07) is 6.53. The highest BCUT2D eigenvalue weighted by Crippen LogP contribution is 2.32. The van der Waals surface area contributed by atoms with Gasteiger partial charge in [-0.2, -0.15) is 0 Å². The average Bonchev–Trinajstić information content (AvgIpc) is 2.49. The Balaban J connectivity index is 2.33. The lowest BCUT2D eigenvalue weighted by Gasteiger charge is -2.46. The van der Waals surface area contributed by atoms with E-state index in [-0.39, 0.29) is 5.54 Å². The smallest absolute Gasteiger partial charge is 0.124 e. The van der Waals surface area contributed by atoms with E-state index in [2.05, 4.69) is 43.1 Å². The van der Waals surface area contributed by atoms with E-state index in [9.17, 15) is 0 Å². The molecule has 1 aromatic carbocycles. The fourth-order valence-corrected chi connectivity index (χ4v) is 2.63. The van der Waals surface area contributed by atoms with Crippen LogP contribution in [0.1, 0.15) is 27.2 Å². The fraction of sp³-hybridized carbons (Fsp3) is 0.625. The summed E-state index contributed by atoms with van der Waals surface area (Å²) in [4.78, 5) is 2.44. The van der Waals surface area contributed by atoms with Gasteiger partial charge in [0, 0.05) is 48.6 Å². The second-order valence-corrected chi connectivity index (χ2v) is 5.84. The van der Waals surface area contributed by atoms with Gasteiger partial charge in [-0.3, -0.25) is 0 Å². The van der Waals surface area contributed by atoms with E-state index in [1.807, 2.05) is 6.07 Å². The van der Waals surface area contributed by atoms with Crippen LogP contribution < -0.4 is 19.7 Å². The van der Waals surface area contributed by atoms with Gasteiger partial charge in [0.2, 0.25) is 0 Å². The van der Waals surface area contributed by atoms with Crippen molar-refractivity contribution in [1.82, 2.24) is 5.32 Å². The normalized spacial score (nSPS) is 26.4. The van der Waals surface area contributed by atoms with Crippen molar-refractivity contribution in [3.63, 3.8) is 0 Å². The van der Waals surface area contributed by atoms with Gasteiger partial charge >= 0.3 is 0 Å². The summed E-state index contributed by atoms with van der Waals surface area (Å²) in [6.45, 7) is 8.73. The molecule has 20 heavy (non-hydrogen) atoms. The number of nitrogens with zero attached hydrogens (tertiary/aromatic N) is 1. The molecular weight excluding hydrogens is 252 g/mol. The molecule has 2 rings (SSSR count). The quantitative estimate of drug-likeness (QED) is 0.918. The first-order chi connectivity index (χ1) is 9.51. The van der Waals surface area contributed by atoms with Crippen molar-refractivity contribution >= 4 is 5.69 Å². The van der Waals surface area contributed by atoms with Gasteiger partial charge in [-0.15, -0.1) is 0 Å². The molecular formula is C16H26N2O2. The van der Waals surface area contributed by atoms with E-state index >= 15 is 0 Å². The number of anilines is 1. The molecule has 0 saturated carbocycles. The number of hydrogen-bond donors (Lipinski definition) is 1. The number of piperazine rings is 1. The van der Waals surface area contributed by atoms with Crippen LogP contribution in [0, 0.1) is 0 Å². The third-order valence-electron chi connectivity index (χ3n) is 4.32. The molecule has 1 fully saturated rings. The molecule has 0 aromatic heterocycles. The van der Waals surface area contributed by atoms with Gasteiger partial charge in [0.05, 0.1) is 14.2 Å². The van der Waals surface area contributed by atoms with Crippen molar-refractivity contribution in [3.05, 3.63) is 18.2 Å². The largest absolute Gasteiger partial charge is 0.497 e. The molecule has 0 bridgehead atoms. The molecule has 112 valence electrons. The number of hydrogen-bond acceptors (Lipinski definition) is 4. The van der Waals surface area contributed by atoms with E-state index in [1.165, 1.54) is 0 Å². The van der Waals surface area contributed by atoms with E-state index in [4.69, 9.17) is 9.47 Å². The first-order valence-corrected chi connectivity index (χ1v) is 7.26. The number of ether oxygens (including phenoxy) is 2. The van der Waals surface area contributed by atoms with Crippen molar-refractivity contribution in [2.75, 3.05) is 32.2 Å². The second kappa shape index (κ2) is 5.92. The van der Waals surface area contributed by atoms with Crippen LogP contribution in [0.15, 0.2) is 18.2 Å². The minimum Gasteiger partial charge on any atom is -0.497 e. The van der Waals surface area contributed by atoms with Crippen molar-refractivity contribution in [2.24, 2.45) is 0 Å². The lowest BCUT2D eigenvalue weighted by Crippen LogP contribution is -2.62. The fourth-order valence-electron chi connectivity index (χ4n) is 2.63. The number of methoxy groups -OCH3 is 2. The third-order valence-corrected chi connectivity index (χ3v) is 4.32. The Kier molecular flexibility index (Phi) is 4.43. The molecule has 1 saturated heterocycles. The number of benzene rings is 1. The molecule has 1 aromatic rings. The highest BCUT2D eigenvalue weighted by atomic mass is 16.5. The van der Waals surface area contributed by atoms with Crippen LogP contribution in [-0.2, 0) is 0 Å².